The Bertz CT molecular complexity index is 774. The second-order valence-electron chi connectivity index (χ2n) is 6.51. The summed E-state index contributed by atoms with van der Waals surface area (Å²) in [5.41, 5.74) is 0.871. The molecule has 0 N–H and O–H groups in total. The van der Waals surface area contributed by atoms with E-state index in [9.17, 15) is 10.1 Å². The lowest BCUT2D eigenvalue weighted by Gasteiger charge is -2.34. The molecule has 126 valence electrons. The van der Waals surface area contributed by atoms with E-state index in [1.54, 1.807) is 6.07 Å². The molecule has 7 nitrogen and oxygen atoms in total. The molecule has 1 aromatic carbocycles. The van der Waals surface area contributed by atoms with Gasteiger partial charge >= 0.3 is 0 Å². The molecule has 8 heteroatoms. The van der Waals surface area contributed by atoms with E-state index in [1.165, 1.54) is 25.0 Å². The van der Waals surface area contributed by atoms with E-state index in [4.69, 9.17) is 11.6 Å². The summed E-state index contributed by atoms with van der Waals surface area (Å²) in [6.07, 6.45) is 6.36. The van der Waals surface area contributed by atoms with Gasteiger partial charge in [-0.05, 0) is 31.7 Å². The van der Waals surface area contributed by atoms with E-state index in [0.29, 0.717) is 17.0 Å². The minimum absolute atomic E-state index is 0.0192. The Morgan fingerprint density at radius 2 is 2.12 bits per heavy atom. The van der Waals surface area contributed by atoms with Crippen LogP contribution in [0.3, 0.4) is 0 Å². The molecule has 0 unspecified atom stereocenters. The van der Waals surface area contributed by atoms with E-state index >= 15 is 0 Å². The van der Waals surface area contributed by atoms with Crippen molar-refractivity contribution in [1.29, 1.82) is 0 Å². The Kier molecular flexibility index (Phi) is 3.88. The molecular formula is C16H18ClN5O2. The fourth-order valence-electron chi connectivity index (χ4n) is 3.45. The number of anilines is 1. The lowest BCUT2D eigenvalue weighted by Crippen LogP contribution is -2.35. The summed E-state index contributed by atoms with van der Waals surface area (Å²) in [5.74, 6) is 1.37. The van der Waals surface area contributed by atoms with Gasteiger partial charge in [0.25, 0.3) is 5.69 Å². The highest BCUT2D eigenvalue weighted by atomic mass is 35.5. The van der Waals surface area contributed by atoms with Gasteiger partial charge in [0, 0.05) is 37.2 Å². The largest absolute Gasteiger partial charge is 0.370 e. The summed E-state index contributed by atoms with van der Waals surface area (Å²) in [7, 11) is 0. The Balaban J connectivity index is 1.56. The molecule has 4 rings (SSSR count). The second-order valence-corrected chi connectivity index (χ2v) is 6.91. The van der Waals surface area contributed by atoms with Gasteiger partial charge in [0.2, 0.25) is 0 Å². The lowest BCUT2D eigenvalue weighted by atomic mass is 9.96. The molecule has 2 fully saturated rings. The Hall–Kier alpha value is -2.15. The molecule has 1 aliphatic heterocycles. The summed E-state index contributed by atoms with van der Waals surface area (Å²) in [6.45, 7) is 1.70. The molecule has 0 radical (unpaired) electrons. The maximum atomic E-state index is 10.9. The van der Waals surface area contributed by atoms with Crippen molar-refractivity contribution >= 4 is 23.0 Å². The van der Waals surface area contributed by atoms with E-state index in [2.05, 4.69) is 19.7 Å². The number of hydrogen-bond acceptors (Lipinski definition) is 5. The van der Waals surface area contributed by atoms with E-state index < -0.39 is 4.92 Å². The normalized spacial score (nSPS) is 21.0. The fourth-order valence-corrected chi connectivity index (χ4v) is 3.74. The van der Waals surface area contributed by atoms with Crippen molar-refractivity contribution in [2.24, 2.45) is 0 Å². The van der Waals surface area contributed by atoms with Crippen LogP contribution in [0, 0.1) is 10.1 Å². The molecule has 1 aliphatic carbocycles. The summed E-state index contributed by atoms with van der Waals surface area (Å²) in [6, 6.07) is 5.24. The number of nitro benzene ring substituents is 1. The highest BCUT2D eigenvalue weighted by Gasteiger charge is 2.32. The zero-order valence-corrected chi connectivity index (χ0v) is 13.9. The van der Waals surface area contributed by atoms with Crippen molar-refractivity contribution in [3.05, 3.63) is 45.5 Å². The van der Waals surface area contributed by atoms with Gasteiger partial charge in [-0.3, -0.25) is 10.1 Å². The number of aromatic nitrogens is 3. The van der Waals surface area contributed by atoms with Crippen LogP contribution < -0.4 is 4.90 Å². The Labute approximate surface area is 144 Å². The smallest absolute Gasteiger partial charge is 0.271 e. The number of hydrogen-bond donors (Lipinski definition) is 0. The summed E-state index contributed by atoms with van der Waals surface area (Å²) in [5, 5.41) is 19.7. The lowest BCUT2D eigenvalue weighted by molar-refractivity contribution is -0.384. The first kappa shape index (κ1) is 15.4. The predicted molar refractivity (Wildman–Crippen MR) is 90.6 cm³/mol. The molecule has 0 amide bonds. The van der Waals surface area contributed by atoms with Crippen molar-refractivity contribution in [1.82, 2.24) is 14.8 Å². The summed E-state index contributed by atoms with van der Waals surface area (Å²) < 4.78 is 2.21. The van der Waals surface area contributed by atoms with Gasteiger partial charge in [0.05, 0.1) is 15.6 Å². The van der Waals surface area contributed by atoms with Crippen molar-refractivity contribution in [3.63, 3.8) is 0 Å². The molecule has 0 spiro atoms. The van der Waals surface area contributed by atoms with E-state index in [1.807, 2.05) is 6.33 Å². The average Bonchev–Trinajstić information content (AvgIpc) is 3.31. The van der Waals surface area contributed by atoms with Gasteiger partial charge in [-0.2, -0.15) is 0 Å². The number of halogens is 1. The predicted octanol–water partition coefficient (Wildman–Crippen LogP) is 3.56. The van der Waals surface area contributed by atoms with Crippen molar-refractivity contribution in [3.8, 4) is 0 Å². The third-order valence-electron chi connectivity index (χ3n) is 4.81. The monoisotopic (exact) mass is 347 g/mol. The third-order valence-corrected chi connectivity index (χ3v) is 5.11. The molecule has 2 aliphatic rings. The number of nitrogens with zero attached hydrogens (tertiary/aromatic N) is 5. The number of non-ortho nitro benzene ring substituents is 1. The van der Waals surface area contributed by atoms with Gasteiger partial charge in [0.15, 0.2) is 0 Å². The van der Waals surface area contributed by atoms with Crippen LogP contribution >= 0.6 is 11.6 Å². The SMILES string of the molecule is O=[N+]([O-])c1ccc(N2CCC[C@H](c3nncn3C3CC3)C2)c(Cl)c1. The molecule has 2 aromatic rings. The van der Waals surface area contributed by atoms with Gasteiger partial charge < -0.3 is 9.47 Å². The molecule has 2 heterocycles. The van der Waals surface area contributed by atoms with Crippen molar-refractivity contribution in [2.75, 3.05) is 18.0 Å². The van der Waals surface area contributed by atoms with E-state index in [0.717, 1.165) is 37.4 Å². The van der Waals surface area contributed by atoms with Crippen LogP contribution in [0.2, 0.25) is 5.02 Å². The quantitative estimate of drug-likeness (QED) is 0.624. The number of nitro groups is 1. The Morgan fingerprint density at radius 3 is 2.83 bits per heavy atom. The molecule has 0 bridgehead atoms. The summed E-state index contributed by atoms with van der Waals surface area (Å²) >= 11 is 6.29. The topological polar surface area (TPSA) is 77.1 Å². The second kappa shape index (κ2) is 6.05. The fraction of sp³-hybridized carbons (Fsp3) is 0.500. The van der Waals surface area contributed by atoms with Crippen molar-refractivity contribution in [2.45, 2.75) is 37.6 Å². The van der Waals surface area contributed by atoms with Gasteiger partial charge in [-0.1, -0.05) is 11.6 Å². The standard InChI is InChI=1S/C16H18ClN5O2/c17-14-8-13(22(23)24)5-6-15(14)20-7-1-2-11(9-20)16-19-18-10-21(16)12-3-4-12/h5-6,8,10-12H,1-4,7,9H2/t11-/m0/s1. The molecule has 1 saturated carbocycles. The zero-order valence-electron chi connectivity index (χ0n) is 13.1. The van der Waals surface area contributed by atoms with Crippen molar-refractivity contribution < 1.29 is 4.92 Å². The van der Waals surface area contributed by atoms with Crippen LogP contribution in [0.4, 0.5) is 11.4 Å². The van der Waals surface area contributed by atoms with Crippen LogP contribution in [0.15, 0.2) is 24.5 Å². The first-order chi connectivity index (χ1) is 11.6. The minimum Gasteiger partial charge on any atom is -0.370 e. The first-order valence-corrected chi connectivity index (χ1v) is 8.59. The zero-order chi connectivity index (χ0) is 16.7. The Morgan fingerprint density at radius 1 is 1.29 bits per heavy atom. The number of piperidine rings is 1. The van der Waals surface area contributed by atoms with E-state index in [-0.39, 0.29) is 5.69 Å². The molecule has 24 heavy (non-hydrogen) atoms. The van der Waals surface area contributed by atoms with Crippen LogP contribution in [-0.2, 0) is 0 Å². The van der Waals surface area contributed by atoms with Crippen LogP contribution in [0.1, 0.15) is 43.5 Å². The minimum atomic E-state index is -0.424. The first-order valence-electron chi connectivity index (χ1n) is 8.22. The number of rotatable bonds is 4. The van der Waals surface area contributed by atoms with Crippen LogP contribution in [0.5, 0.6) is 0 Å². The molecule has 1 aromatic heterocycles. The summed E-state index contributed by atoms with van der Waals surface area (Å²) in [4.78, 5) is 12.6. The molecule has 1 saturated heterocycles. The van der Waals surface area contributed by atoms with Crippen LogP contribution in [0.25, 0.3) is 0 Å². The highest BCUT2D eigenvalue weighted by Crippen LogP contribution is 2.39. The van der Waals surface area contributed by atoms with Gasteiger partial charge in [0.1, 0.15) is 12.2 Å². The van der Waals surface area contributed by atoms with Gasteiger partial charge in [-0.25, -0.2) is 0 Å². The maximum absolute atomic E-state index is 10.9. The highest BCUT2D eigenvalue weighted by molar-refractivity contribution is 6.33. The van der Waals surface area contributed by atoms with Crippen LogP contribution in [-0.4, -0.2) is 32.8 Å². The maximum Gasteiger partial charge on any atom is 0.271 e. The number of benzene rings is 1. The third kappa shape index (κ3) is 2.84. The van der Waals surface area contributed by atoms with Gasteiger partial charge in [-0.15, -0.1) is 10.2 Å². The molecular weight excluding hydrogens is 330 g/mol. The molecule has 1 atom stereocenters. The average molecular weight is 348 g/mol.